The predicted molar refractivity (Wildman–Crippen MR) is 225 cm³/mol. The fourth-order valence-electron chi connectivity index (χ4n) is 7.97. The molecule has 9 aromatic carbocycles. The van der Waals surface area contributed by atoms with Crippen molar-refractivity contribution in [3.8, 4) is 5.69 Å². The average molecular weight is 678 g/mol. The third kappa shape index (κ3) is 5.30. The second kappa shape index (κ2) is 12.9. The summed E-state index contributed by atoms with van der Waals surface area (Å²) in [6.45, 7) is 0. The first-order chi connectivity index (χ1) is 26.3. The summed E-state index contributed by atoms with van der Waals surface area (Å²) >= 11 is 0. The Bertz CT molecular complexity index is 2840. The average Bonchev–Trinajstić information content (AvgIpc) is 3.56. The van der Waals surface area contributed by atoms with Crippen molar-refractivity contribution in [3.63, 3.8) is 0 Å². The lowest BCUT2D eigenvalue weighted by Gasteiger charge is -2.31. The van der Waals surface area contributed by atoms with Gasteiger partial charge in [-0.3, -0.25) is 0 Å². The van der Waals surface area contributed by atoms with Crippen molar-refractivity contribution < 1.29 is 0 Å². The van der Waals surface area contributed by atoms with Gasteiger partial charge in [-0.25, -0.2) is 0 Å². The first kappa shape index (κ1) is 30.7. The Balaban J connectivity index is 1.28. The van der Waals surface area contributed by atoms with E-state index in [1.165, 1.54) is 37.8 Å². The van der Waals surface area contributed by atoms with Crippen molar-refractivity contribution >= 4 is 77.5 Å². The minimum atomic E-state index is 1.08. The van der Waals surface area contributed by atoms with Crippen molar-refractivity contribution in [3.05, 3.63) is 212 Å². The van der Waals surface area contributed by atoms with E-state index in [-0.39, 0.29) is 0 Å². The summed E-state index contributed by atoms with van der Waals surface area (Å²) < 4.78 is 2.39. The second-order valence-corrected chi connectivity index (χ2v) is 13.4. The Morgan fingerprint density at radius 3 is 1.51 bits per heavy atom. The van der Waals surface area contributed by atoms with Crippen LogP contribution >= 0.6 is 0 Å². The van der Waals surface area contributed by atoms with E-state index < -0.39 is 0 Å². The second-order valence-electron chi connectivity index (χ2n) is 13.4. The topological polar surface area (TPSA) is 11.4 Å². The zero-order valence-electron chi connectivity index (χ0n) is 29.0. The van der Waals surface area contributed by atoms with Crippen LogP contribution < -0.4 is 9.80 Å². The van der Waals surface area contributed by atoms with E-state index in [2.05, 4.69) is 227 Å². The lowest BCUT2D eigenvalue weighted by Crippen LogP contribution is -2.14. The molecule has 0 aliphatic heterocycles. The normalized spacial score (nSPS) is 11.4. The van der Waals surface area contributed by atoms with Crippen molar-refractivity contribution in [2.24, 2.45) is 0 Å². The van der Waals surface area contributed by atoms with Gasteiger partial charge in [-0.2, -0.15) is 0 Å². The standard InChI is InChI=1S/C50H35N3/c1-5-18-38(19-6-1)51(42-31-32-46-45-27-15-16-28-47(45)53(48(46)34-42)41-24-11-4-12-25-41)43-33-37-30-29-36-17-13-14-26-44(36)50(37)49(35-43)52(39-20-7-2-8-21-39)40-22-9-3-10-23-40/h1-35H. The van der Waals surface area contributed by atoms with Gasteiger partial charge < -0.3 is 14.4 Å². The molecule has 250 valence electrons. The van der Waals surface area contributed by atoms with E-state index in [1.54, 1.807) is 0 Å². The Morgan fingerprint density at radius 2 is 0.830 bits per heavy atom. The zero-order chi connectivity index (χ0) is 35.1. The molecule has 0 bridgehead atoms. The van der Waals surface area contributed by atoms with Crippen molar-refractivity contribution in [1.29, 1.82) is 0 Å². The molecule has 0 radical (unpaired) electrons. The van der Waals surface area contributed by atoms with Crippen LogP contribution in [0, 0.1) is 0 Å². The quantitative estimate of drug-likeness (QED) is 0.156. The Morgan fingerprint density at radius 1 is 0.302 bits per heavy atom. The third-order valence-electron chi connectivity index (χ3n) is 10.3. The summed E-state index contributed by atoms with van der Waals surface area (Å²) in [5, 5.41) is 7.30. The Kier molecular flexibility index (Phi) is 7.47. The molecule has 1 heterocycles. The molecule has 0 saturated heterocycles. The summed E-state index contributed by atoms with van der Waals surface area (Å²) in [5.74, 6) is 0. The SMILES string of the molecule is c1ccc(N(c2cc(N(c3ccccc3)c3ccccc3)c3c(ccc4ccccc43)c2)c2ccc3c4ccccc4n(-c4ccccc4)c3c2)cc1. The lowest BCUT2D eigenvalue weighted by molar-refractivity contribution is 1.18. The molecule has 0 spiro atoms. The molecule has 0 saturated carbocycles. The van der Waals surface area contributed by atoms with E-state index in [0.29, 0.717) is 0 Å². The van der Waals surface area contributed by atoms with Crippen LogP contribution in [0.4, 0.5) is 34.1 Å². The maximum absolute atomic E-state index is 2.40. The number of para-hydroxylation sites is 5. The molecule has 1 aromatic heterocycles. The van der Waals surface area contributed by atoms with Crippen molar-refractivity contribution in [2.75, 3.05) is 9.80 Å². The molecule has 0 unspecified atom stereocenters. The number of benzene rings is 9. The van der Waals surface area contributed by atoms with Crippen LogP contribution in [0.25, 0.3) is 49.0 Å². The predicted octanol–water partition coefficient (Wildman–Crippen LogP) is 14.0. The number of nitrogens with zero attached hydrogens (tertiary/aromatic N) is 3. The largest absolute Gasteiger partial charge is 0.310 e. The van der Waals surface area contributed by atoms with Crippen LogP contribution in [0.2, 0.25) is 0 Å². The summed E-state index contributed by atoms with van der Waals surface area (Å²) in [5.41, 5.74) is 10.1. The Hall–Kier alpha value is -7.10. The summed E-state index contributed by atoms with van der Waals surface area (Å²) in [4.78, 5) is 4.80. The van der Waals surface area contributed by atoms with Crippen LogP contribution in [-0.2, 0) is 0 Å². The zero-order valence-corrected chi connectivity index (χ0v) is 29.0. The molecular formula is C50H35N3. The fourth-order valence-corrected chi connectivity index (χ4v) is 7.97. The van der Waals surface area contributed by atoms with E-state index in [9.17, 15) is 0 Å². The van der Waals surface area contributed by atoms with Crippen LogP contribution in [0.15, 0.2) is 212 Å². The summed E-state index contributed by atoms with van der Waals surface area (Å²) in [7, 11) is 0. The van der Waals surface area contributed by atoms with Gasteiger partial charge in [-0.1, -0.05) is 133 Å². The lowest BCUT2D eigenvalue weighted by atomic mass is 9.98. The van der Waals surface area contributed by atoms with Crippen LogP contribution in [0.3, 0.4) is 0 Å². The Labute approximate surface area is 308 Å². The van der Waals surface area contributed by atoms with Gasteiger partial charge in [-0.15, -0.1) is 0 Å². The van der Waals surface area contributed by atoms with Gasteiger partial charge >= 0.3 is 0 Å². The molecule has 0 aliphatic rings. The van der Waals surface area contributed by atoms with Crippen molar-refractivity contribution in [1.82, 2.24) is 4.57 Å². The van der Waals surface area contributed by atoms with E-state index in [4.69, 9.17) is 0 Å². The maximum atomic E-state index is 2.40. The van der Waals surface area contributed by atoms with Gasteiger partial charge in [0.25, 0.3) is 0 Å². The molecule has 10 aromatic rings. The third-order valence-corrected chi connectivity index (χ3v) is 10.3. The molecule has 3 nitrogen and oxygen atoms in total. The van der Waals surface area contributed by atoms with E-state index in [1.807, 2.05) is 0 Å². The highest BCUT2D eigenvalue weighted by Gasteiger charge is 2.22. The first-order valence-corrected chi connectivity index (χ1v) is 18.1. The smallest absolute Gasteiger partial charge is 0.0567 e. The number of hydrogen-bond donors (Lipinski definition) is 0. The van der Waals surface area contributed by atoms with Gasteiger partial charge in [0.05, 0.1) is 16.7 Å². The first-order valence-electron chi connectivity index (χ1n) is 18.1. The number of rotatable bonds is 7. The van der Waals surface area contributed by atoms with E-state index >= 15 is 0 Å². The van der Waals surface area contributed by atoms with Crippen LogP contribution in [0.5, 0.6) is 0 Å². The number of aromatic nitrogens is 1. The highest BCUT2D eigenvalue weighted by Crippen LogP contribution is 2.47. The van der Waals surface area contributed by atoms with Crippen LogP contribution in [-0.4, -0.2) is 4.57 Å². The maximum Gasteiger partial charge on any atom is 0.0567 e. The highest BCUT2D eigenvalue weighted by molar-refractivity contribution is 6.17. The molecule has 10 rings (SSSR count). The van der Waals surface area contributed by atoms with Crippen LogP contribution in [0.1, 0.15) is 0 Å². The van der Waals surface area contributed by atoms with Gasteiger partial charge in [0.1, 0.15) is 0 Å². The minimum absolute atomic E-state index is 1.08. The van der Waals surface area contributed by atoms with Crippen molar-refractivity contribution in [2.45, 2.75) is 0 Å². The molecule has 53 heavy (non-hydrogen) atoms. The number of hydrogen-bond acceptors (Lipinski definition) is 2. The molecular weight excluding hydrogens is 643 g/mol. The number of fused-ring (bicyclic) bond motifs is 6. The van der Waals surface area contributed by atoms with E-state index in [0.717, 1.165) is 45.3 Å². The molecule has 3 heteroatoms. The van der Waals surface area contributed by atoms with Gasteiger partial charge in [0, 0.05) is 50.3 Å². The van der Waals surface area contributed by atoms with Gasteiger partial charge in [0.2, 0.25) is 0 Å². The molecule has 0 atom stereocenters. The molecule has 0 amide bonds. The van der Waals surface area contributed by atoms with Gasteiger partial charge in [-0.05, 0) is 95.0 Å². The van der Waals surface area contributed by atoms with Gasteiger partial charge in [0.15, 0.2) is 0 Å². The summed E-state index contributed by atoms with van der Waals surface area (Å²) in [6.07, 6.45) is 0. The monoisotopic (exact) mass is 677 g/mol. The summed E-state index contributed by atoms with van der Waals surface area (Å²) in [6, 6.07) is 76.4. The molecule has 0 fully saturated rings. The minimum Gasteiger partial charge on any atom is -0.310 e. The number of anilines is 6. The fraction of sp³-hybridized carbons (Fsp3) is 0. The molecule has 0 N–H and O–H groups in total. The highest BCUT2D eigenvalue weighted by atomic mass is 15.2. The molecule has 0 aliphatic carbocycles.